The number of carbonyl (C=O) groups excluding carboxylic acids is 1. The number of rotatable bonds is 3. The Morgan fingerprint density at radius 1 is 1.23 bits per heavy atom. The molecule has 7 nitrogen and oxygen atoms in total. The van der Waals surface area contributed by atoms with Crippen molar-refractivity contribution in [3.8, 4) is 11.4 Å². The Bertz CT molecular complexity index is 611. The maximum absolute atomic E-state index is 12.4. The molecule has 1 unspecified atom stereocenters. The molecule has 0 radical (unpaired) electrons. The van der Waals surface area contributed by atoms with Crippen molar-refractivity contribution in [1.29, 1.82) is 0 Å². The second kappa shape index (κ2) is 7.33. The summed E-state index contributed by atoms with van der Waals surface area (Å²) in [5.41, 5.74) is 0.894. The van der Waals surface area contributed by atoms with Crippen LogP contribution in [-0.4, -0.2) is 57.2 Å². The van der Waals surface area contributed by atoms with Crippen LogP contribution in [-0.2, 0) is 4.79 Å². The molecule has 0 aliphatic carbocycles. The van der Waals surface area contributed by atoms with E-state index in [2.05, 4.69) is 20.7 Å². The maximum Gasteiger partial charge on any atom is 0.249 e. The summed E-state index contributed by atoms with van der Waals surface area (Å²) in [5.74, 6) is 0.573. The third-order valence-corrected chi connectivity index (χ3v) is 3.59. The molecule has 0 saturated carbocycles. The van der Waals surface area contributed by atoms with Gasteiger partial charge in [-0.15, -0.1) is 22.6 Å². The maximum atomic E-state index is 12.4. The number of aromatic nitrogens is 4. The summed E-state index contributed by atoms with van der Waals surface area (Å²) in [7, 11) is 0. The first-order valence-corrected chi connectivity index (χ1v) is 7.10. The Morgan fingerprint density at radius 2 is 1.91 bits per heavy atom. The van der Waals surface area contributed by atoms with E-state index in [0.717, 1.165) is 31.7 Å². The lowest BCUT2D eigenvalue weighted by atomic mass is 10.2. The molecule has 1 atom stereocenters. The van der Waals surface area contributed by atoms with E-state index in [0.29, 0.717) is 5.82 Å². The monoisotopic (exact) mass is 322 g/mol. The Hall–Kier alpha value is -1.99. The number of tetrazole rings is 1. The van der Waals surface area contributed by atoms with Crippen LogP contribution in [0.1, 0.15) is 13.0 Å². The van der Waals surface area contributed by atoms with Crippen LogP contribution in [0.5, 0.6) is 0 Å². The van der Waals surface area contributed by atoms with Crippen LogP contribution in [0.25, 0.3) is 11.4 Å². The Balaban J connectivity index is 0.00000176. The van der Waals surface area contributed by atoms with Crippen molar-refractivity contribution < 1.29 is 4.79 Å². The van der Waals surface area contributed by atoms with Crippen molar-refractivity contribution in [3.05, 3.63) is 30.3 Å². The largest absolute Gasteiger partial charge is 0.338 e. The number of nitrogens with one attached hydrogen (secondary N) is 1. The Kier molecular flexibility index (Phi) is 5.46. The molecular weight excluding hydrogens is 304 g/mol. The zero-order chi connectivity index (χ0) is 14.7. The molecule has 3 rings (SSSR count). The van der Waals surface area contributed by atoms with Crippen molar-refractivity contribution in [1.82, 2.24) is 30.4 Å². The van der Waals surface area contributed by atoms with Crippen LogP contribution in [0.2, 0.25) is 0 Å². The molecule has 1 fully saturated rings. The van der Waals surface area contributed by atoms with Gasteiger partial charge in [0.2, 0.25) is 11.7 Å². The zero-order valence-electron chi connectivity index (χ0n) is 12.3. The topological polar surface area (TPSA) is 75.9 Å². The Labute approximate surface area is 135 Å². The van der Waals surface area contributed by atoms with Crippen LogP contribution in [0.3, 0.4) is 0 Å². The molecule has 1 aliphatic heterocycles. The lowest BCUT2D eigenvalue weighted by molar-refractivity contribution is -0.135. The minimum atomic E-state index is -0.437. The average molecular weight is 323 g/mol. The highest BCUT2D eigenvalue weighted by Crippen LogP contribution is 2.14. The third kappa shape index (κ3) is 3.42. The predicted molar refractivity (Wildman–Crippen MR) is 84.7 cm³/mol. The lowest BCUT2D eigenvalue weighted by Crippen LogP contribution is -2.48. The van der Waals surface area contributed by atoms with E-state index in [4.69, 9.17) is 0 Å². The van der Waals surface area contributed by atoms with Gasteiger partial charge in [0, 0.05) is 31.7 Å². The number of piperazine rings is 1. The molecule has 2 heterocycles. The van der Waals surface area contributed by atoms with Gasteiger partial charge in [0.1, 0.15) is 6.04 Å². The number of benzene rings is 1. The molecule has 1 aliphatic rings. The molecule has 0 spiro atoms. The van der Waals surface area contributed by atoms with Gasteiger partial charge in [-0.3, -0.25) is 4.79 Å². The quantitative estimate of drug-likeness (QED) is 0.902. The molecule has 0 bridgehead atoms. The van der Waals surface area contributed by atoms with Gasteiger partial charge in [0.15, 0.2) is 0 Å². The van der Waals surface area contributed by atoms with E-state index in [1.54, 1.807) is 6.92 Å². The zero-order valence-corrected chi connectivity index (χ0v) is 13.2. The lowest BCUT2D eigenvalue weighted by Gasteiger charge is -2.29. The fourth-order valence-electron chi connectivity index (χ4n) is 2.34. The first kappa shape index (κ1) is 16.4. The van der Waals surface area contributed by atoms with E-state index < -0.39 is 6.04 Å². The van der Waals surface area contributed by atoms with Crippen molar-refractivity contribution >= 4 is 18.3 Å². The normalized spacial score (nSPS) is 16.0. The summed E-state index contributed by atoms with van der Waals surface area (Å²) in [6.45, 7) is 4.92. The van der Waals surface area contributed by atoms with Crippen LogP contribution in [0, 0.1) is 0 Å². The number of carbonyl (C=O) groups is 1. The molecule has 1 N–H and O–H groups in total. The van der Waals surface area contributed by atoms with Crippen molar-refractivity contribution in [2.24, 2.45) is 0 Å². The molecular formula is C14H19ClN6O. The summed E-state index contributed by atoms with van der Waals surface area (Å²) in [4.78, 5) is 15.6. The Morgan fingerprint density at radius 3 is 2.59 bits per heavy atom. The fraction of sp³-hybridized carbons (Fsp3) is 0.429. The average Bonchev–Trinajstić information content (AvgIpc) is 3.05. The highest BCUT2D eigenvalue weighted by atomic mass is 35.5. The highest BCUT2D eigenvalue weighted by molar-refractivity contribution is 5.85. The van der Waals surface area contributed by atoms with Gasteiger partial charge in [-0.25, -0.2) is 0 Å². The number of amides is 1. The third-order valence-electron chi connectivity index (χ3n) is 3.59. The summed E-state index contributed by atoms with van der Waals surface area (Å²) < 4.78 is 0. The summed E-state index contributed by atoms with van der Waals surface area (Å²) in [6.07, 6.45) is 0. The van der Waals surface area contributed by atoms with E-state index in [1.165, 1.54) is 4.80 Å². The highest BCUT2D eigenvalue weighted by Gasteiger charge is 2.25. The van der Waals surface area contributed by atoms with E-state index in [9.17, 15) is 4.79 Å². The van der Waals surface area contributed by atoms with E-state index >= 15 is 0 Å². The van der Waals surface area contributed by atoms with Crippen molar-refractivity contribution in [2.45, 2.75) is 13.0 Å². The van der Waals surface area contributed by atoms with E-state index in [-0.39, 0.29) is 18.3 Å². The fourth-order valence-corrected chi connectivity index (χ4v) is 2.34. The van der Waals surface area contributed by atoms with Gasteiger partial charge in [-0.05, 0) is 12.1 Å². The van der Waals surface area contributed by atoms with Crippen LogP contribution >= 0.6 is 12.4 Å². The summed E-state index contributed by atoms with van der Waals surface area (Å²) >= 11 is 0. The summed E-state index contributed by atoms with van der Waals surface area (Å²) in [6, 6.07) is 9.18. The number of hydrogen-bond donors (Lipinski definition) is 1. The van der Waals surface area contributed by atoms with Gasteiger partial charge in [0.05, 0.1) is 0 Å². The molecule has 22 heavy (non-hydrogen) atoms. The molecule has 1 amide bonds. The first-order valence-electron chi connectivity index (χ1n) is 7.10. The van der Waals surface area contributed by atoms with Gasteiger partial charge in [-0.1, -0.05) is 30.3 Å². The molecule has 8 heteroatoms. The second-order valence-corrected chi connectivity index (χ2v) is 5.05. The predicted octanol–water partition coefficient (Wildman–Crippen LogP) is 0.755. The first-order chi connectivity index (χ1) is 10.3. The molecule has 2 aromatic rings. The molecule has 1 aromatic heterocycles. The standard InChI is InChI=1S/C14H18N6O.ClH/c1-11(14(21)19-9-7-15-8-10-19)20-17-13(16-18-20)12-5-3-2-4-6-12;/h2-6,11,15H,7-10H2,1H3;1H. The smallest absolute Gasteiger partial charge is 0.249 e. The van der Waals surface area contributed by atoms with Gasteiger partial charge in [0.25, 0.3) is 0 Å². The minimum Gasteiger partial charge on any atom is -0.338 e. The van der Waals surface area contributed by atoms with Crippen molar-refractivity contribution in [3.63, 3.8) is 0 Å². The summed E-state index contributed by atoms with van der Waals surface area (Å²) in [5, 5.41) is 15.6. The molecule has 1 saturated heterocycles. The molecule has 118 valence electrons. The van der Waals surface area contributed by atoms with Gasteiger partial charge < -0.3 is 10.2 Å². The number of halogens is 1. The van der Waals surface area contributed by atoms with Crippen LogP contribution in [0.4, 0.5) is 0 Å². The SMILES string of the molecule is CC(C(=O)N1CCNCC1)n1nnc(-c2ccccc2)n1.Cl. The molecule has 1 aromatic carbocycles. The second-order valence-electron chi connectivity index (χ2n) is 5.05. The van der Waals surface area contributed by atoms with Crippen LogP contribution < -0.4 is 5.32 Å². The van der Waals surface area contributed by atoms with Crippen LogP contribution in [0.15, 0.2) is 30.3 Å². The van der Waals surface area contributed by atoms with Crippen molar-refractivity contribution in [2.75, 3.05) is 26.2 Å². The van der Waals surface area contributed by atoms with Gasteiger partial charge >= 0.3 is 0 Å². The van der Waals surface area contributed by atoms with E-state index in [1.807, 2.05) is 35.2 Å². The minimum absolute atomic E-state index is 0. The number of hydrogen-bond acceptors (Lipinski definition) is 5. The van der Waals surface area contributed by atoms with Gasteiger partial charge in [-0.2, -0.15) is 4.80 Å². The number of nitrogens with zero attached hydrogens (tertiary/aromatic N) is 5.